The Morgan fingerprint density at radius 3 is 2.79 bits per heavy atom. The van der Waals surface area contributed by atoms with Crippen molar-refractivity contribution >= 4 is 17.3 Å². The largest absolute Gasteiger partial charge is 0.393 e. The molecule has 0 radical (unpaired) electrons. The predicted molar refractivity (Wildman–Crippen MR) is 70.4 cm³/mol. The Labute approximate surface area is 110 Å². The van der Waals surface area contributed by atoms with Crippen LogP contribution >= 0.6 is 0 Å². The molecule has 1 aromatic carbocycles. The Morgan fingerprint density at radius 2 is 2.21 bits per heavy atom. The average molecular weight is 264 g/mol. The molecular weight excluding hydrogens is 248 g/mol. The van der Waals surface area contributed by atoms with Gasteiger partial charge in [-0.3, -0.25) is 14.9 Å². The molecule has 1 fully saturated rings. The van der Waals surface area contributed by atoms with Crippen LogP contribution in [0.3, 0.4) is 0 Å². The van der Waals surface area contributed by atoms with E-state index in [1.165, 1.54) is 12.1 Å². The molecule has 1 aromatic rings. The first-order valence-corrected chi connectivity index (χ1v) is 6.06. The van der Waals surface area contributed by atoms with Crippen LogP contribution in [0.5, 0.6) is 0 Å². The number of nitrogens with two attached hydrogens (primary N) is 2. The standard InChI is InChI=1S/C12H16N4O3/c13-9-2-1-8(7-11(9)16(18)19)3-5-15-6-4-10(14)12(15)17/h1-2,7,10H,3-6,13-14H2/t10-/m0/s1. The van der Waals surface area contributed by atoms with E-state index in [-0.39, 0.29) is 17.3 Å². The highest BCUT2D eigenvalue weighted by Crippen LogP contribution is 2.23. The maximum absolute atomic E-state index is 11.6. The van der Waals surface area contributed by atoms with Crippen LogP contribution in [0.4, 0.5) is 11.4 Å². The average Bonchev–Trinajstić information content (AvgIpc) is 2.69. The van der Waals surface area contributed by atoms with E-state index in [1.54, 1.807) is 11.0 Å². The van der Waals surface area contributed by atoms with Crippen LogP contribution in [0.15, 0.2) is 18.2 Å². The lowest BCUT2D eigenvalue weighted by Crippen LogP contribution is -2.35. The van der Waals surface area contributed by atoms with Crippen molar-refractivity contribution < 1.29 is 9.72 Å². The van der Waals surface area contributed by atoms with Crippen molar-refractivity contribution in [3.05, 3.63) is 33.9 Å². The number of hydrogen-bond donors (Lipinski definition) is 2. The van der Waals surface area contributed by atoms with E-state index < -0.39 is 11.0 Å². The summed E-state index contributed by atoms with van der Waals surface area (Å²) in [5.74, 6) is -0.0510. The molecular formula is C12H16N4O3. The van der Waals surface area contributed by atoms with Crippen LogP contribution in [-0.2, 0) is 11.2 Å². The summed E-state index contributed by atoms with van der Waals surface area (Å²) in [6, 6.07) is 4.31. The Hall–Kier alpha value is -2.15. The summed E-state index contributed by atoms with van der Waals surface area (Å²) in [6.45, 7) is 1.17. The first-order chi connectivity index (χ1) is 8.99. The van der Waals surface area contributed by atoms with Crippen molar-refractivity contribution in [1.29, 1.82) is 0 Å². The molecule has 1 amide bonds. The van der Waals surface area contributed by atoms with Crippen molar-refractivity contribution in [3.8, 4) is 0 Å². The number of carbonyl (C=O) groups excluding carboxylic acids is 1. The Kier molecular flexibility index (Phi) is 3.66. The van der Waals surface area contributed by atoms with Gasteiger partial charge in [0.15, 0.2) is 0 Å². The molecule has 0 aromatic heterocycles. The molecule has 102 valence electrons. The van der Waals surface area contributed by atoms with Crippen molar-refractivity contribution in [2.24, 2.45) is 5.73 Å². The smallest absolute Gasteiger partial charge is 0.292 e. The Balaban J connectivity index is 2.02. The molecule has 0 bridgehead atoms. The first-order valence-electron chi connectivity index (χ1n) is 6.06. The quantitative estimate of drug-likeness (QED) is 0.460. The second kappa shape index (κ2) is 5.23. The first kappa shape index (κ1) is 13.3. The lowest BCUT2D eigenvalue weighted by molar-refractivity contribution is -0.384. The predicted octanol–water partition coefficient (Wildman–Crippen LogP) is 0.279. The molecule has 0 aliphatic carbocycles. The number of nitro groups is 1. The fourth-order valence-corrected chi connectivity index (χ4v) is 2.15. The molecule has 1 heterocycles. The van der Waals surface area contributed by atoms with Crippen molar-refractivity contribution in [3.63, 3.8) is 0 Å². The van der Waals surface area contributed by atoms with Gasteiger partial charge in [0.05, 0.1) is 11.0 Å². The van der Waals surface area contributed by atoms with Gasteiger partial charge in [0.2, 0.25) is 5.91 Å². The minimum Gasteiger partial charge on any atom is -0.393 e. The van der Waals surface area contributed by atoms with Crippen LogP contribution in [0.2, 0.25) is 0 Å². The number of carbonyl (C=O) groups is 1. The van der Waals surface area contributed by atoms with Gasteiger partial charge in [-0.05, 0) is 24.5 Å². The minimum absolute atomic E-state index is 0.0510. The number of benzene rings is 1. The van der Waals surface area contributed by atoms with Gasteiger partial charge in [-0.15, -0.1) is 0 Å². The second-order valence-corrected chi connectivity index (χ2v) is 4.62. The lowest BCUT2D eigenvalue weighted by atomic mass is 10.1. The van der Waals surface area contributed by atoms with Gasteiger partial charge in [0.1, 0.15) is 5.69 Å². The van der Waals surface area contributed by atoms with Crippen LogP contribution in [0.1, 0.15) is 12.0 Å². The number of hydrogen-bond acceptors (Lipinski definition) is 5. The van der Waals surface area contributed by atoms with E-state index in [9.17, 15) is 14.9 Å². The van der Waals surface area contributed by atoms with Gasteiger partial charge in [-0.2, -0.15) is 0 Å². The third-order valence-electron chi connectivity index (χ3n) is 3.30. The molecule has 7 heteroatoms. The summed E-state index contributed by atoms with van der Waals surface area (Å²) >= 11 is 0. The summed E-state index contributed by atoms with van der Waals surface area (Å²) in [7, 11) is 0. The number of nitro benzene ring substituents is 1. The number of likely N-dealkylation sites (tertiary alicyclic amines) is 1. The van der Waals surface area contributed by atoms with Gasteiger partial charge in [0.25, 0.3) is 5.69 Å². The van der Waals surface area contributed by atoms with Gasteiger partial charge in [-0.1, -0.05) is 6.07 Å². The number of nitrogens with zero attached hydrogens (tertiary/aromatic N) is 2. The van der Waals surface area contributed by atoms with Crippen LogP contribution in [0.25, 0.3) is 0 Å². The van der Waals surface area contributed by atoms with Gasteiger partial charge >= 0.3 is 0 Å². The second-order valence-electron chi connectivity index (χ2n) is 4.62. The molecule has 2 rings (SSSR count). The van der Waals surface area contributed by atoms with Crippen molar-refractivity contribution in [2.45, 2.75) is 18.9 Å². The van der Waals surface area contributed by atoms with E-state index in [4.69, 9.17) is 11.5 Å². The summed E-state index contributed by atoms with van der Waals surface area (Å²) in [6.07, 6.45) is 1.22. The van der Waals surface area contributed by atoms with Crippen molar-refractivity contribution in [2.75, 3.05) is 18.8 Å². The molecule has 1 aliphatic heterocycles. The zero-order valence-electron chi connectivity index (χ0n) is 10.4. The van der Waals surface area contributed by atoms with E-state index in [0.717, 1.165) is 5.56 Å². The third-order valence-corrected chi connectivity index (χ3v) is 3.30. The maximum atomic E-state index is 11.6. The van der Waals surface area contributed by atoms with Crippen LogP contribution in [-0.4, -0.2) is 34.9 Å². The zero-order chi connectivity index (χ0) is 14.0. The maximum Gasteiger partial charge on any atom is 0.292 e. The number of anilines is 1. The van der Waals surface area contributed by atoms with Crippen LogP contribution < -0.4 is 11.5 Å². The van der Waals surface area contributed by atoms with Crippen LogP contribution in [0, 0.1) is 10.1 Å². The molecule has 4 N–H and O–H groups in total. The van der Waals surface area contributed by atoms with Gasteiger partial charge in [0, 0.05) is 19.2 Å². The summed E-state index contributed by atoms with van der Waals surface area (Å²) in [5.41, 5.74) is 12.0. The SMILES string of the molecule is Nc1ccc(CCN2CC[C@H](N)C2=O)cc1[N+](=O)[O-]. The number of nitrogen functional groups attached to an aromatic ring is 1. The minimum atomic E-state index is -0.504. The zero-order valence-corrected chi connectivity index (χ0v) is 10.4. The fraction of sp³-hybridized carbons (Fsp3) is 0.417. The topological polar surface area (TPSA) is 115 Å². The third kappa shape index (κ3) is 2.82. The molecule has 1 atom stereocenters. The lowest BCUT2D eigenvalue weighted by Gasteiger charge is -2.15. The summed E-state index contributed by atoms with van der Waals surface area (Å²) in [5, 5.41) is 10.8. The molecule has 19 heavy (non-hydrogen) atoms. The molecule has 0 spiro atoms. The highest BCUT2D eigenvalue weighted by Gasteiger charge is 2.27. The normalized spacial score (nSPS) is 18.9. The van der Waals surface area contributed by atoms with E-state index in [0.29, 0.717) is 25.9 Å². The molecule has 1 aliphatic rings. The highest BCUT2D eigenvalue weighted by atomic mass is 16.6. The monoisotopic (exact) mass is 264 g/mol. The Bertz CT molecular complexity index is 518. The molecule has 0 unspecified atom stereocenters. The van der Waals surface area contributed by atoms with Gasteiger partial charge in [-0.25, -0.2) is 0 Å². The van der Waals surface area contributed by atoms with Gasteiger partial charge < -0.3 is 16.4 Å². The van der Waals surface area contributed by atoms with E-state index in [2.05, 4.69) is 0 Å². The fourth-order valence-electron chi connectivity index (χ4n) is 2.15. The van der Waals surface area contributed by atoms with E-state index in [1.807, 2.05) is 0 Å². The Morgan fingerprint density at radius 1 is 1.47 bits per heavy atom. The molecule has 0 saturated carbocycles. The van der Waals surface area contributed by atoms with E-state index >= 15 is 0 Å². The number of rotatable bonds is 4. The summed E-state index contributed by atoms with van der Waals surface area (Å²) in [4.78, 5) is 23.6. The highest BCUT2D eigenvalue weighted by molar-refractivity contribution is 5.83. The summed E-state index contributed by atoms with van der Waals surface area (Å²) < 4.78 is 0. The van der Waals surface area contributed by atoms with Crippen molar-refractivity contribution in [1.82, 2.24) is 4.90 Å². The number of amides is 1. The molecule has 1 saturated heterocycles. The molecule has 7 nitrogen and oxygen atoms in total.